The predicted octanol–water partition coefficient (Wildman–Crippen LogP) is 1.32. The van der Waals surface area contributed by atoms with Crippen LogP contribution in [-0.4, -0.2) is 48.7 Å². The molecule has 0 saturated carbocycles. The van der Waals surface area contributed by atoms with E-state index in [2.05, 4.69) is 10.6 Å². The van der Waals surface area contributed by atoms with Crippen molar-refractivity contribution in [3.05, 3.63) is 71.8 Å². The minimum atomic E-state index is -3.38. The zero-order valence-electron chi connectivity index (χ0n) is 15.6. The lowest BCUT2D eigenvalue weighted by Crippen LogP contribution is -2.75. The molecule has 154 valence electrons. The summed E-state index contributed by atoms with van der Waals surface area (Å²) in [6.07, 6.45) is -0.925. The molecule has 3 N–H and O–H groups in total. The summed E-state index contributed by atoms with van der Waals surface area (Å²) in [7, 11) is -3.38. The van der Waals surface area contributed by atoms with Crippen molar-refractivity contribution < 1.29 is 27.9 Å². The van der Waals surface area contributed by atoms with Crippen LogP contribution in [-0.2, 0) is 32.5 Å². The number of carbonyl (C=O) groups excluding carboxylic acids is 1. The van der Waals surface area contributed by atoms with E-state index in [-0.39, 0.29) is 24.7 Å². The van der Waals surface area contributed by atoms with Crippen LogP contribution < -0.4 is 10.6 Å². The highest BCUT2D eigenvalue weighted by molar-refractivity contribution is 7.93. The zero-order valence-corrected chi connectivity index (χ0v) is 16.4. The number of ether oxygens (including phenoxy) is 1. The van der Waals surface area contributed by atoms with Crippen LogP contribution in [0.3, 0.4) is 0 Å². The molecule has 0 radical (unpaired) electrons. The lowest BCUT2D eigenvalue weighted by molar-refractivity contribution is -0.141. The number of hydrogen-bond acceptors (Lipinski definition) is 6. The molecule has 1 saturated heterocycles. The third kappa shape index (κ3) is 5.33. The number of amides is 1. The molecule has 1 aliphatic heterocycles. The standard InChI is InChI=1S/C20H22N2O6S/c23-18(24)17(22-19(25)28-12-16-9-5-2-6-10-16)20(13-29(26,27)14-20)21-11-15-7-3-1-4-8-15/h1-10,17,21H,11-14H2,(H,22,25)(H,23,24). The molecule has 1 heterocycles. The van der Waals surface area contributed by atoms with Crippen LogP contribution in [0.15, 0.2) is 60.7 Å². The molecular formula is C20H22N2O6S. The Balaban J connectivity index is 1.69. The quantitative estimate of drug-likeness (QED) is 0.591. The van der Waals surface area contributed by atoms with Crippen molar-refractivity contribution in [2.75, 3.05) is 11.5 Å². The van der Waals surface area contributed by atoms with E-state index in [1.54, 1.807) is 24.3 Å². The Morgan fingerprint density at radius 3 is 2.07 bits per heavy atom. The second-order valence-electron chi connectivity index (χ2n) is 7.00. The Hall–Kier alpha value is -2.91. The molecule has 1 amide bonds. The van der Waals surface area contributed by atoms with Gasteiger partial charge in [0.1, 0.15) is 12.6 Å². The Morgan fingerprint density at radius 1 is 1.00 bits per heavy atom. The van der Waals surface area contributed by atoms with Gasteiger partial charge < -0.3 is 20.5 Å². The highest BCUT2D eigenvalue weighted by atomic mass is 32.2. The molecular weight excluding hydrogens is 396 g/mol. The van der Waals surface area contributed by atoms with Gasteiger partial charge in [-0.25, -0.2) is 18.0 Å². The van der Waals surface area contributed by atoms with E-state index >= 15 is 0 Å². The first kappa shape index (κ1) is 20.8. The summed E-state index contributed by atoms with van der Waals surface area (Å²) in [6, 6.07) is 16.7. The average molecular weight is 418 g/mol. The molecule has 8 nitrogen and oxygen atoms in total. The van der Waals surface area contributed by atoms with Crippen LogP contribution in [0.25, 0.3) is 0 Å². The Morgan fingerprint density at radius 2 is 1.55 bits per heavy atom. The van der Waals surface area contributed by atoms with Gasteiger partial charge in [0.2, 0.25) is 0 Å². The van der Waals surface area contributed by atoms with Gasteiger partial charge in [-0.05, 0) is 11.1 Å². The van der Waals surface area contributed by atoms with Crippen LogP contribution in [0, 0.1) is 0 Å². The highest BCUT2D eigenvalue weighted by Crippen LogP contribution is 2.28. The van der Waals surface area contributed by atoms with Crippen molar-refractivity contribution in [2.24, 2.45) is 0 Å². The number of sulfone groups is 1. The molecule has 1 aliphatic rings. The highest BCUT2D eigenvalue weighted by Gasteiger charge is 2.56. The minimum absolute atomic E-state index is 0.0260. The van der Waals surface area contributed by atoms with Crippen molar-refractivity contribution in [1.29, 1.82) is 0 Å². The molecule has 1 atom stereocenters. The van der Waals surface area contributed by atoms with Crippen molar-refractivity contribution in [1.82, 2.24) is 10.6 Å². The van der Waals surface area contributed by atoms with Crippen molar-refractivity contribution >= 4 is 21.9 Å². The summed E-state index contributed by atoms with van der Waals surface area (Å²) in [6.45, 7) is 0.239. The molecule has 9 heteroatoms. The predicted molar refractivity (Wildman–Crippen MR) is 106 cm³/mol. The summed E-state index contributed by atoms with van der Waals surface area (Å²) in [4.78, 5) is 24.0. The monoisotopic (exact) mass is 418 g/mol. The first-order valence-corrected chi connectivity index (χ1v) is 10.8. The number of benzene rings is 2. The van der Waals surface area contributed by atoms with Crippen molar-refractivity contribution in [3.63, 3.8) is 0 Å². The van der Waals surface area contributed by atoms with Crippen LogP contribution >= 0.6 is 0 Å². The van der Waals surface area contributed by atoms with Crippen molar-refractivity contribution in [2.45, 2.75) is 24.7 Å². The van der Waals surface area contributed by atoms with Crippen molar-refractivity contribution in [3.8, 4) is 0 Å². The fourth-order valence-corrected chi connectivity index (χ4v) is 5.33. The summed E-state index contributed by atoms with van der Waals surface area (Å²) < 4.78 is 28.8. The SMILES string of the molecule is O=C(NC(C(=O)O)C1(NCc2ccccc2)CS(=O)(=O)C1)OCc1ccccc1. The lowest BCUT2D eigenvalue weighted by atomic mass is 9.92. The van der Waals surface area contributed by atoms with Gasteiger partial charge in [0.25, 0.3) is 0 Å². The van der Waals surface area contributed by atoms with Gasteiger partial charge >= 0.3 is 12.1 Å². The van der Waals surface area contributed by atoms with E-state index in [1.165, 1.54) is 0 Å². The Kier molecular flexibility index (Phi) is 6.19. The van der Waals surface area contributed by atoms with Crippen LogP contribution in [0.2, 0.25) is 0 Å². The van der Waals surface area contributed by atoms with Gasteiger partial charge in [-0.2, -0.15) is 0 Å². The molecule has 2 aromatic carbocycles. The van der Waals surface area contributed by atoms with E-state index < -0.39 is 33.5 Å². The molecule has 0 spiro atoms. The number of alkyl carbamates (subject to hydrolysis) is 1. The summed E-state index contributed by atoms with van der Waals surface area (Å²) in [5.74, 6) is -2.11. The van der Waals surface area contributed by atoms with E-state index in [0.717, 1.165) is 11.1 Å². The Labute approximate surface area is 168 Å². The van der Waals surface area contributed by atoms with Gasteiger partial charge in [0.05, 0.1) is 17.0 Å². The van der Waals surface area contributed by atoms with Crippen LogP contribution in [0.4, 0.5) is 4.79 Å². The first-order chi connectivity index (χ1) is 13.8. The number of aliphatic carboxylic acids is 1. The van der Waals surface area contributed by atoms with Crippen LogP contribution in [0.5, 0.6) is 0 Å². The zero-order chi connectivity index (χ0) is 20.9. The molecule has 3 rings (SSSR count). The number of rotatable bonds is 8. The summed E-state index contributed by atoms with van der Waals surface area (Å²) >= 11 is 0. The Bertz CT molecular complexity index is 951. The number of hydrogen-bond donors (Lipinski definition) is 3. The normalized spacial score (nSPS) is 17.5. The van der Waals surface area contributed by atoms with Gasteiger partial charge in [0.15, 0.2) is 9.84 Å². The molecule has 1 fully saturated rings. The van der Waals surface area contributed by atoms with Gasteiger partial charge in [-0.1, -0.05) is 60.7 Å². The number of carbonyl (C=O) groups is 2. The maximum absolute atomic E-state index is 12.2. The third-order valence-corrected chi connectivity index (χ3v) is 6.63. The van der Waals surface area contributed by atoms with E-state index in [9.17, 15) is 23.1 Å². The molecule has 2 aromatic rings. The lowest BCUT2D eigenvalue weighted by Gasteiger charge is -2.45. The number of carboxylic acid groups (broad SMARTS) is 1. The maximum Gasteiger partial charge on any atom is 0.408 e. The minimum Gasteiger partial charge on any atom is -0.480 e. The largest absolute Gasteiger partial charge is 0.480 e. The van der Waals surface area contributed by atoms with E-state index in [1.807, 2.05) is 36.4 Å². The number of carboxylic acids is 1. The molecule has 0 aromatic heterocycles. The summed E-state index contributed by atoms with van der Waals surface area (Å²) in [5, 5.41) is 15.0. The van der Waals surface area contributed by atoms with Gasteiger partial charge in [-0.15, -0.1) is 0 Å². The maximum atomic E-state index is 12.2. The number of nitrogens with one attached hydrogen (secondary N) is 2. The molecule has 29 heavy (non-hydrogen) atoms. The fourth-order valence-electron chi connectivity index (χ4n) is 3.31. The smallest absolute Gasteiger partial charge is 0.408 e. The van der Waals surface area contributed by atoms with Crippen LogP contribution in [0.1, 0.15) is 11.1 Å². The molecule has 0 aliphatic carbocycles. The second kappa shape index (κ2) is 8.62. The third-order valence-electron chi connectivity index (χ3n) is 4.72. The molecule has 1 unspecified atom stereocenters. The second-order valence-corrected chi connectivity index (χ2v) is 9.07. The van der Waals surface area contributed by atoms with E-state index in [4.69, 9.17) is 4.74 Å². The van der Waals surface area contributed by atoms with Gasteiger partial charge in [0, 0.05) is 6.54 Å². The van der Waals surface area contributed by atoms with E-state index in [0.29, 0.717) is 0 Å². The first-order valence-electron chi connectivity index (χ1n) is 8.99. The topological polar surface area (TPSA) is 122 Å². The van der Waals surface area contributed by atoms with Gasteiger partial charge in [-0.3, -0.25) is 0 Å². The summed E-state index contributed by atoms with van der Waals surface area (Å²) in [5.41, 5.74) is 0.302. The average Bonchev–Trinajstić information content (AvgIpc) is 2.68. The fraction of sp³-hybridized carbons (Fsp3) is 0.300. The molecule has 0 bridgehead atoms.